The number of benzene rings is 2. The van der Waals surface area contributed by atoms with Crippen LogP contribution in [0.5, 0.6) is 0 Å². The van der Waals surface area contributed by atoms with Crippen molar-refractivity contribution in [3.8, 4) is 0 Å². The Labute approximate surface area is 132 Å². The summed E-state index contributed by atoms with van der Waals surface area (Å²) >= 11 is 0. The highest BCUT2D eigenvalue weighted by molar-refractivity contribution is 5.86. The number of H-pyrrole nitrogens is 2. The average molecular weight is 307 g/mol. The normalized spacial score (nSPS) is 18.0. The highest BCUT2D eigenvalue weighted by Crippen LogP contribution is 2.33. The molecular weight excluding hydrogens is 290 g/mol. The van der Waals surface area contributed by atoms with Gasteiger partial charge in [0.1, 0.15) is 0 Å². The fraction of sp³-hybridized carbons (Fsp3) is 0.222. The summed E-state index contributed by atoms with van der Waals surface area (Å²) in [7, 11) is 2.01. The van der Waals surface area contributed by atoms with Crippen molar-refractivity contribution in [3.63, 3.8) is 0 Å². The van der Waals surface area contributed by atoms with Crippen LogP contribution in [0, 0.1) is 0 Å². The van der Waals surface area contributed by atoms with Crippen LogP contribution >= 0.6 is 0 Å². The van der Waals surface area contributed by atoms with Gasteiger partial charge in [-0.15, -0.1) is 0 Å². The van der Waals surface area contributed by atoms with Gasteiger partial charge in [0.15, 0.2) is 0 Å². The van der Waals surface area contributed by atoms with E-state index in [1.807, 2.05) is 19.2 Å². The van der Waals surface area contributed by atoms with E-state index in [1.54, 1.807) is 0 Å². The second kappa shape index (κ2) is 5.21. The van der Waals surface area contributed by atoms with Gasteiger partial charge in [0.05, 0.1) is 5.56 Å². The number of fused-ring (bicyclic) bond motifs is 2. The molecule has 2 heterocycles. The van der Waals surface area contributed by atoms with Crippen LogP contribution in [0.2, 0.25) is 0 Å². The number of likely N-dealkylation sites (N-methyl/N-ethyl adjacent to an activating group) is 1. The third-order valence-electron chi connectivity index (χ3n) is 4.65. The summed E-state index contributed by atoms with van der Waals surface area (Å²) < 4.78 is 0. The van der Waals surface area contributed by atoms with Crippen molar-refractivity contribution < 1.29 is 0 Å². The molecule has 1 aromatic heterocycles. The molecule has 0 fully saturated rings. The topological polar surface area (TPSA) is 69.0 Å². The summed E-state index contributed by atoms with van der Waals surface area (Å²) in [5, 5.41) is 2.41. The lowest BCUT2D eigenvalue weighted by Crippen LogP contribution is -2.38. The smallest absolute Gasteiger partial charge is 0.311 e. The van der Waals surface area contributed by atoms with Gasteiger partial charge in [-0.25, -0.2) is 4.79 Å². The van der Waals surface area contributed by atoms with Crippen LogP contribution in [-0.4, -0.2) is 21.9 Å². The molecule has 5 heteroatoms. The predicted octanol–water partition coefficient (Wildman–Crippen LogP) is 1.95. The predicted molar refractivity (Wildman–Crippen MR) is 89.5 cm³/mol. The SMILES string of the molecule is CN1Cc2c([nH]c(=O)[nH]c2=O)CC1c1cccc2ccccc12. The Morgan fingerprint density at radius 2 is 1.83 bits per heavy atom. The molecule has 1 unspecified atom stereocenters. The molecule has 4 rings (SSSR count). The van der Waals surface area contributed by atoms with Gasteiger partial charge in [-0.05, 0) is 23.4 Å². The minimum absolute atomic E-state index is 0.131. The van der Waals surface area contributed by atoms with Gasteiger partial charge in [-0.3, -0.25) is 14.7 Å². The maximum atomic E-state index is 12.0. The standard InChI is InChI=1S/C18H17N3O2/c1-21-10-14-15(19-18(23)20-17(14)22)9-16(21)13-8-4-6-11-5-2-3-7-12(11)13/h2-8,16H,9-10H2,1H3,(H2,19,20,22,23). The van der Waals surface area contributed by atoms with Crippen LogP contribution in [0.15, 0.2) is 52.1 Å². The fourth-order valence-electron chi connectivity index (χ4n) is 3.50. The van der Waals surface area contributed by atoms with Crippen LogP contribution < -0.4 is 11.2 Å². The first-order chi connectivity index (χ1) is 11.1. The van der Waals surface area contributed by atoms with E-state index in [9.17, 15) is 9.59 Å². The first kappa shape index (κ1) is 14.0. The molecule has 0 aliphatic carbocycles. The molecule has 0 radical (unpaired) electrons. The van der Waals surface area contributed by atoms with Crippen molar-refractivity contribution >= 4 is 10.8 Å². The summed E-state index contributed by atoms with van der Waals surface area (Å²) in [6, 6.07) is 14.7. The third-order valence-corrected chi connectivity index (χ3v) is 4.65. The number of hydrogen-bond donors (Lipinski definition) is 2. The number of aromatic nitrogens is 2. The molecule has 1 aliphatic heterocycles. The van der Waals surface area contributed by atoms with E-state index in [2.05, 4.69) is 45.2 Å². The van der Waals surface area contributed by atoms with Crippen molar-refractivity contribution in [3.05, 3.63) is 80.1 Å². The summed E-state index contributed by atoms with van der Waals surface area (Å²) in [5.74, 6) is 0. The molecule has 3 aromatic rings. The Hall–Kier alpha value is -2.66. The molecule has 2 aromatic carbocycles. The second-order valence-corrected chi connectivity index (χ2v) is 6.07. The molecule has 5 nitrogen and oxygen atoms in total. The second-order valence-electron chi connectivity index (χ2n) is 6.07. The highest BCUT2D eigenvalue weighted by atomic mass is 16.2. The van der Waals surface area contributed by atoms with Crippen molar-refractivity contribution in [2.45, 2.75) is 19.0 Å². The number of hydrogen-bond acceptors (Lipinski definition) is 3. The Morgan fingerprint density at radius 3 is 2.70 bits per heavy atom. The fourth-order valence-corrected chi connectivity index (χ4v) is 3.50. The van der Waals surface area contributed by atoms with E-state index in [4.69, 9.17) is 0 Å². The Morgan fingerprint density at radius 1 is 1.04 bits per heavy atom. The maximum Gasteiger partial charge on any atom is 0.325 e. The zero-order chi connectivity index (χ0) is 16.0. The van der Waals surface area contributed by atoms with Crippen LogP contribution in [0.3, 0.4) is 0 Å². The molecule has 1 aliphatic rings. The monoisotopic (exact) mass is 307 g/mol. The molecule has 0 saturated carbocycles. The molecule has 1 atom stereocenters. The number of aromatic amines is 2. The van der Waals surface area contributed by atoms with Crippen LogP contribution in [0.25, 0.3) is 10.8 Å². The van der Waals surface area contributed by atoms with Crippen molar-refractivity contribution in [1.82, 2.24) is 14.9 Å². The van der Waals surface area contributed by atoms with E-state index >= 15 is 0 Å². The molecule has 116 valence electrons. The summed E-state index contributed by atoms with van der Waals surface area (Å²) in [6.07, 6.45) is 0.624. The van der Waals surface area contributed by atoms with Gasteiger partial charge in [-0.1, -0.05) is 42.5 Å². The molecule has 23 heavy (non-hydrogen) atoms. The summed E-state index contributed by atoms with van der Waals surface area (Å²) in [4.78, 5) is 30.8. The van der Waals surface area contributed by atoms with Crippen molar-refractivity contribution in [2.24, 2.45) is 0 Å². The summed E-state index contributed by atoms with van der Waals surface area (Å²) in [5.41, 5.74) is 1.90. The number of rotatable bonds is 1. The largest absolute Gasteiger partial charge is 0.325 e. The quantitative estimate of drug-likeness (QED) is 0.722. The van der Waals surface area contributed by atoms with Crippen LogP contribution in [0.4, 0.5) is 0 Å². The Bertz CT molecular complexity index is 998. The van der Waals surface area contributed by atoms with Gasteiger partial charge in [-0.2, -0.15) is 0 Å². The molecule has 0 bridgehead atoms. The van der Waals surface area contributed by atoms with Gasteiger partial charge in [0.2, 0.25) is 0 Å². The first-order valence-electron chi connectivity index (χ1n) is 7.66. The number of nitrogens with one attached hydrogen (secondary N) is 2. The first-order valence-corrected chi connectivity index (χ1v) is 7.66. The zero-order valence-corrected chi connectivity index (χ0v) is 12.8. The van der Waals surface area contributed by atoms with Crippen molar-refractivity contribution in [1.29, 1.82) is 0 Å². The molecule has 0 spiro atoms. The average Bonchev–Trinajstić information content (AvgIpc) is 2.55. The minimum atomic E-state index is -0.435. The van der Waals surface area contributed by atoms with E-state index < -0.39 is 5.69 Å². The van der Waals surface area contributed by atoms with Crippen LogP contribution in [-0.2, 0) is 13.0 Å². The Balaban J connectivity index is 1.86. The lowest BCUT2D eigenvalue weighted by Gasteiger charge is -2.34. The maximum absolute atomic E-state index is 12.0. The zero-order valence-electron chi connectivity index (χ0n) is 12.8. The lowest BCUT2D eigenvalue weighted by atomic mass is 9.91. The van der Waals surface area contributed by atoms with Gasteiger partial charge in [0, 0.05) is 24.7 Å². The minimum Gasteiger partial charge on any atom is -0.311 e. The molecule has 0 amide bonds. The highest BCUT2D eigenvalue weighted by Gasteiger charge is 2.28. The molecular formula is C18H17N3O2. The lowest BCUT2D eigenvalue weighted by molar-refractivity contribution is 0.214. The summed E-state index contributed by atoms with van der Waals surface area (Å²) in [6.45, 7) is 0.523. The van der Waals surface area contributed by atoms with E-state index in [-0.39, 0.29) is 11.6 Å². The number of nitrogens with zero attached hydrogens (tertiary/aromatic N) is 1. The molecule has 0 saturated heterocycles. The van der Waals surface area contributed by atoms with Gasteiger partial charge >= 0.3 is 5.69 Å². The van der Waals surface area contributed by atoms with E-state index in [1.165, 1.54) is 16.3 Å². The van der Waals surface area contributed by atoms with Gasteiger partial charge < -0.3 is 4.98 Å². The van der Waals surface area contributed by atoms with E-state index in [0.29, 0.717) is 18.5 Å². The van der Waals surface area contributed by atoms with Gasteiger partial charge in [0.25, 0.3) is 5.56 Å². The van der Waals surface area contributed by atoms with Crippen molar-refractivity contribution in [2.75, 3.05) is 7.05 Å². The Kier molecular flexibility index (Phi) is 3.16. The van der Waals surface area contributed by atoms with Crippen LogP contribution in [0.1, 0.15) is 22.9 Å². The third kappa shape index (κ3) is 2.29. The molecule has 2 N–H and O–H groups in total. The van der Waals surface area contributed by atoms with E-state index in [0.717, 1.165) is 5.69 Å².